The molecule has 1 aliphatic rings. The van der Waals surface area contributed by atoms with Gasteiger partial charge in [-0.1, -0.05) is 56.1 Å². The number of amides is 2. The highest BCUT2D eigenvalue weighted by atomic mass is 79.9. The molecule has 6 nitrogen and oxygen atoms in total. The Balaban J connectivity index is 1.69. The Morgan fingerprint density at radius 1 is 1.05 bits per heavy atom. The SMILES string of the molecule is C=CCc1cc(C=C2C(=O)NC(=S)N(c3cccc(Br)c3)C2=O)cc(OC)c1OCc1ccc(Br)cc1. The van der Waals surface area contributed by atoms with Gasteiger partial charge in [0.2, 0.25) is 0 Å². The van der Waals surface area contributed by atoms with Gasteiger partial charge in [0.1, 0.15) is 12.2 Å². The second kappa shape index (κ2) is 11.9. The van der Waals surface area contributed by atoms with Crippen LogP contribution >= 0.6 is 44.1 Å². The summed E-state index contributed by atoms with van der Waals surface area (Å²) in [6.45, 7) is 4.19. The average molecular weight is 642 g/mol. The molecule has 9 heteroatoms. The van der Waals surface area contributed by atoms with Crippen molar-refractivity contribution in [2.24, 2.45) is 0 Å². The number of carbonyl (C=O) groups excluding carboxylic acids is 2. The van der Waals surface area contributed by atoms with Crippen LogP contribution in [0.15, 0.2) is 87.8 Å². The van der Waals surface area contributed by atoms with Gasteiger partial charge in [0.05, 0.1) is 12.8 Å². The van der Waals surface area contributed by atoms with Crippen LogP contribution in [-0.4, -0.2) is 24.0 Å². The number of nitrogens with one attached hydrogen (secondary N) is 1. The van der Waals surface area contributed by atoms with Crippen molar-refractivity contribution in [1.82, 2.24) is 5.32 Å². The number of hydrogen-bond donors (Lipinski definition) is 1. The van der Waals surface area contributed by atoms with Crippen LogP contribution in [0.3, 0.4) is 0 Å². The van der Waals surface area contributed by atoms with E-state index in [1.165, 1.54) is 11.0 Å². The van der Waals surface area contributed by atoms with Crippen LogP contribution in [0.2, 0.25) is 0 Å². The van der Waals surface area contributed by atoms with Crippen LogP contribution in [0.25, 0.3) is 6.08 Å². The Labute approximate surface area is 237 Å². The molecular weight excluding hydrogens is 620 g/mol. The highest BCUT2D eigenvalue weighted by molar-refractivity contribution is 9.10. The molecule has 1 saturated heterocycles. The van der Waals surface area contributed by atoms with Crippen molar-refractivity contribution in [1.29, 1.82) is 0 Å². The largest absolute Gasteiger partial charge is 0.493 e. The molecule has 188 valence electrons. The molecule has 0 unspecified atom stereocenters. The van der Waals surface area contributed by atoms with Gasteiger partial charge in [-0.3, -0.25) is 19.8 Å². The van der Waals surface area contributed by atoms with Crippen LogP contribution < -0.4 is 19.7 Å². The van der Waals surface area contributed by atoms with Crippen molar-refractivity contribution in [3.05, 3.63) is 105 Å². The molecule has 37 heavy (non-hydrogen) atoms. The molecule has 4 rings (SSSR count). The smallest absolute Gasteiger partial charge is 0.270 e. The standard InChI is InChI=1S/C28H22Br2N2O4S/c1-3-5-19-12-18(14-24(35-2)25(19)36-16-17-8-10-20(29)11-9-17)13-23-26(33)31-28(37)32(27(23)34)22-7-4-6-21(30)15-22/h3-4,6-15H,1,5,16H2,2H3,(H,31,33,37). The van der Waals surface area contributed by atoms with Crippen LogP contribution in [0.5, 0.6) is 11.5 Å². The second-order valence-corrected chi connectivity index (χ2v) is 10.3. The summed E-state index contributed by atoms with van der Waals surface area (Å²) in [5, 5.41) is 2.63. The molecule has 0 atom stereocenters. The first-order chi connectivity index (χ1) is 17.8. The van der Waals surface area contributed by atoms with E-state index < -0.39 is 11.8 Å². The molecule has 1 aliphatic heterocycles. The number of rotatable bonds is 8. The minimum Gasteiger partial charge on any atom is -0.493 e. The predicted molar refractivity (Wildman–Crippen MR) is 156 cm³/mol. The van der Waals surface area contributed by atoms with Gasteiger partial charge >= 0.3 is 0 Å². The van der Waals surface area contributed by atoms with Crippen molar-refractivity contribution < 1.29 is 19.1 Å². The quantitative estimate of drug-likeness (QED) is 0.134. The number of nitrogens with zero attached hydrogens (tertiary/aromatic N) is 1. The Hall–Kier alpha value is -3.27. The lowest BCUT2D eigenvalue weighted by Crippen LogP contribution is -2.54. The number of methoxy groups -OCH3 is 1. The monoisotopic (exact) mass is 640 g/mol. The minimum absolute atomic E-state index is 0.0202. The van der Waals surface area contributed by atoms with Crippen LogP contribution in [0.4, 0.5) is 5.69 Å². The van der Waals surface area contributed by atoms with Crippen LogP contribution in [0, 0.1) is 0 Å². The van der Waals surface area contributed by atoms with Crippen molar-refractivity contribution in [3.8, 4) is 11.5 Å². The Kier molecular flexibility index (Phi) is 8.58. The molecule has 1 fully saturated rings. The summed E-state index contributed by atoms with van der Waals surface area (Å²) in [7, 11) is 1.54. The molecule has 0 aromatic heterocycles. The van der Waals surface area contributed by atoms with E-state index in [-0.39, 0.29) is 10.7 Å². The summed E-state index contributed by atoms with van der Waals surface area (Å²) < 4.78 is 13.5. The summed E-state index contributed by atoms with van der Waals surface area (Å²) in [5.41, 5.74) is 2.89. The van der Waals surface area contributed by atoms with Gasteiger partial charge in [-0.25, -0.2) is 0 Å². The van der Waals surface area contributed by atoms with Gasteiger partial charge in [-0.15, -0.1) is 6.58 Å². The van der Waals surface area contributed by atoms with Gasteiger partial charge < -0.3 is 9.47 Å². The van der Waals surface area contributed by atoms with Crippen molar-refractivity contribution in [2.45, 2.75) is 13.0 Å². The van der Waals surface area contributed by atoms with Crippen LogP contribution in [0.1, 0.15) is 16.7 Å². The molecule has 0 saturated carbocycles. The third kappa shape index (κ3) is 6.18. The lowest BCUT2D eigenvalue weighted by Gasteiger charge is -2.29. The third-order valence-corrected chi connectivity index (χ3v) is 6.82. The molecule has 0 spiro atoms. The first-order valence-electron chi connectivity index (χ1n) is 11.2. The molecule has 0 bridgehead atoms. The summed E-state index contributed by atoms with van der Waals surface area (Å²) in [5.74, 6) is -0.0390. The molecular formula is C28H22Br2N2O4S. The minimum atomic E-state index is -0.568. The van der Waals surface area contributed by atoms with E-state index in [0.29, 0.717) is 35.8 Å². The van der Waals surface area contributed by atoms with Gasteiger partial charge in [0.25, 0.3) is 11.8 Å². The summed E-state index contributed by atoms with van der Waals surface area (Å²) in [4.78, 5) is 27.5. The Bertz CT molecular complexity index is 1420. The Morgan fingerprint density at radius 2 is 1.81 bits per heavy atom. The van der Waals surface area contributed by atoms with Gasteiger partial charge in [0, 0.05) is 14.5 Å². The average Bonchev–Trinajstić information content (AvgIpc) is 2.86. The van der Waals surface area contributed by atoms with E-state index >= 15 is 0 Å². The number of anilines is 1. The predicted octanol–water partition coefficient (Wildman–Crippen LogP) is 6.36. The highest BCUT2D eigenvalue weighted by Crippen LogP contribution is 2.35. The third-order valence-electron chi connectivity index (χ3n) is 5.51. The van der Waals surface area contributed by atoms with E-state index in [2.05, 4.69) is 43.8 Å². The number of benzene rings is 3. The zero-order valence-corrected chi connectivity index (χ0v) is 23.8. The van der Waals surface area contributed by atoms with Gasteiger partial charge in [-0.05, 0) is 78.3 Å². The number of thiocarbonyl (C=S) groups is 1. The second-order valence-electron chi connectivity index (χ2n) is 8.06. The van der Waals surface area contributed by atoms with Crippen molar-refractivity contribution >= 4 is 72.8 Å². The maximum atomic E-state index is 13.4. The van der Waals surface area contributed by atoms with E-state index in [1.807, 2.05) is 36.4 Å². The fourth-order valence-corrected chi connectivity index (χ4v) is 4.73. The summed E-state index contributed by atoms with van der Waals surface area (Å²) in [6, 6.07) is 18.5. The molecule has 3 aromatic carbocycles. The Morgan fingerprint density at radius 3 is 2.49 bits per heavy atom. The van der Waals surface area contributed by atoms with Crippen LogP contribution in [-0.2, 0) is 22.6 Å². The van der Waals surface area contributed by atoms with Gasteiger partial charge in [-0.2, -0.15) is 0 Å². The lowest BCUT2D eigenvalue weighted by atomic mass is 10.0. The highest BCUT2D eigenvalue weighted by Gasteiger charge is 2.34. The molecule has 1 heterocycles. The first kappa shape index (κ1) is 26.8. The summed E-state index contributed by atoms with van der Waals surface area (Å²) in [6.07, 6.45) is 3.78. The molecule has 0 aliphatic carbocycles. The lowest BCUT2D eigenvalue weighted by molar-refractivity contribution is -0.122. The number of halogens is 2. The number of carbonyl (C=O) groups is 2. The summed E-state index contributed by atoms with van der Waals surface area (Å²) >= 11 is 12.1. The normalized spacial score (nSPS) is 14.5. The number of allylic oxidation sites excluding steroid dienone is 1. The van der Waals surface area contributed by atoms with E-state index in [0.717, 1.165) is 20.1 Å². The zero-order valence-electron chi connectivity index (χ0n) is 19.8. The van der Waals surface area contributed by atoms with E-state index in [1.54, 1.807) is 37.5 Å². The fraction of sp³-hybridized carbons (Fsp3) is 0.107. The van der Waals surface area contributed by atoms with Crippen molar-refractivity contribution in [2.75, 3.05) is 12.0 Å². The van der Waals surface area contributed by atoms with E-state index in [4.69, 9.17) is 21.7 Å². The number of hydrogen-bond acceptors (Lipinski definition) is 5. The first-order valence-corrected chi connectivity index (χ1v) is 13.2. The van der Waals surface area contributed by atoms with Crippen molar-refractivity contribution in [3.63, 3.8) is 0 Å². The molecule has 2 amide bonds. The molecule has 1 N–H and O–H groups in total. The maximum absolute atomic E-state index is 13.4. The maximum Gasteiger partial charge on any atom is 0.270 e. The van der Waals surface area contributed by atoms with Gasteiger partial charge in [0.15, 0.2) is 16.6 Å². The zero-order chi connectivity index (χ0) is 26.5. The fourth-order valence-electron chi connectivity index (χ4n) is 3.80. The number of ether oxygens (including phenoxy) is 2. The topological polar surface area (TPSA) is 67.9 Å². The molecule has 3 aromatic rings. The van der Waals surface area contributed by atoms with E-state index in [9.17, 15) is 9.59 Å². The molecule has 0 radical (unpaired) electrons.